The molecule has 1 fully saturated rings. The van der Waals surface area contributed by atoms with E-state index >= 15 is 0 Å². The number of pyridine rings is 2. The summed E-state index contributed by atoms with van der Waals surface area (Å²) in [5, 5.41) is 15.8. The second kappa shape index (κ2) is 10.9. The molecule has 0 bridgehead atoms. The Labute approximate surface area is 231 Å². The van der Waals surface area contributed by atoms with Crippen molar-refractivity contribution >= 4 is 56.2 Å². The summed E-state index contributed by atoms with van der Waals surface area (Å²) in [5.41, 5.74) is 2.99. The van der Waals surface area contributed by atoms with Gasteiger partial charge in [0.05, 0.1) is 23.3 Å². The minimum atomic E-state index is -3.63. The van der Waals surface area contributed by atoms with Gasteiger partial charge in [0.1, 0.15) is 47.3 Å². The molecule has 0 radical (unpaired) electrons. The van der Waals surface area contributed by atoms with E-state index in [1.807, 2.05) is 17.6 Å². The van der Waals surface area contributed by atoms with E-state index in [0.717, 1.165) is 29.8 Å². The van der Waals surface area contributed by atoms with Crippen molar-refractivity contribution in [2.24, 2.45) is 0 Å². The number of rotatable bonds is 8. The molecule has 4 aromatic rings. The Morgan fingerprint density at radius 2 is 1.93 bits per heavy atom. The number of carbonyl (C=O) groups is 1. The number of ether oxygens (including phenoxy) is 1. The highest BCUT2D eigenvalue weighted by Crippen LogP contribution is 2.36. The smallest absolute Gasteiger partial charge is 0.232 e. The molecular formula is C27H28N8O4S. The number of hydrogen-bond acceptors (Lipinski definition) is 10. The highest BCUT2D eigenvalue weighted by atomic mass is 32.2. The molecule has 40 heavy (non-hydrogen) atoms. The number of sulfonamides is 1. The average Bonchev–Trinajstić information content (AvgIpc) is 3.28. The number of aryl methyl sites for hydroxylation is 1. The van der Waals surface area contributed by atoms with Gasteiger partial charge in [0, 0.05) is 25.3 Å². The van der Waals surface area contributed by atoms with Gasteiger partial charge in [-0.1, -0.05) is 6.07 Å². The SMILES string of the molecule is Cc1nc2c(Nc3ccc(C=O)cc3N(C)S(C)(=O)=O)cc(Nc3cccc(C#N)n3)nc2n1C1CCCCO1. The normalized spacial score (nSPS) is 15.4. The van der Waals surface area contributed by atoms with Gasteiger partial charge in [-0.05, 0) is 56.5 Å². The molecule has 0 amide bonds. The maximum absolute atomic E-state index is 12.4. The molecule has 0 saturated carbocycles. The van der Waals surface area contributed by atoms with E-state index in [4.69, 9.17) is 14.7 Å². The zero-order valence-corrected chi connectivity index (χ0v) is 23.1. The number of aldehydes is 1. The van der Waals surface area contributed by atoms with Crippen molar-refractivity contribution in [2.75, 3.05) is 34.8 Å². The van der Waals surface area contributed by atoms with Crippen LogP contribution in [0.4, 0.5) is 28.7 Å². The Hall–Kier alpha value is -4.54. The Kier molecular flexibility index (Phi) is 7.38. The number of nitriles is 1. The molecule has 2 N–H and O–H groups in total. The standard InChI is InChI=1S/C27H28N8O4S/c1-17-29-26-21(31-20-11-10-18(16-36)13-22(20)34(2)40(3,37)38)14-24(32-23-8-6-7-19(15-28)30-23)33-27(26)35(17)25-9-4-5-12-39-25/h6-8,10-11,13-14,16,25H,4-5,9,12H2,1-3H3,(H2,30,31,32,33). The molecule has 1 atom stereocenters. The lowest BCUT2D eigenvalue weighted by atomic mass is 10.1. The molecule has 13 heteroatoms. The third kappa shape index (κ3) is 5.45. The molecule has 0 spiro atoms. The number of aromatic nitrogens is 4. The summed E-state index contributed by atoms with van der Waals surface area (Å²) in [6.45, 7) is 2.53. The minimum absolute atomic E-state index is 0.229. The number of hydrogen-bond donors (Lipinski definition) is 2. The predicted molar refractivity (Wildman–Crippen MR) is 152 cm³/mol. The summed E-state index contributed by atoms with van der Waals surface area (Å²) in [4.78, 5) is 25.4. The van der Waals surface area contributed by atoms with Crippen molar-refractivity contribution < 1.29 is 17.9 Å². The van der Waals surface area contributed by atoms with Crippen LogP contribution in [0.1, 0.15) is 47.4 Å². The fraction of sp³-hybridized carbons (Fsp3) is 0.296. The summed E-state index contributed by atoms with van der Waals surface area (Å²) < 4.78 is 34.0. The average molecular weight is 561 g/mol. The second-order valence-corrected chi connectivity index (χ2v) is 11.5. The molecule has 5 rings (SSSR count). The molecule has 1 aliphatic heterocycles. The van der Waals surface area contributed by atoms with Crippen LogP contribution in [0.2, 0.25) is 0 Å². The lowest BCUT2D eigenvalue weighted by molar-refractivity contribution is -0.0308. The van der Waals surface area contributed by atoms with Crippen LogP contribution in [-0.4, -0.2) is 54.1 Å². The highest BCUT2D eigenvalue weighted by molar-refractivity contribution is 7.92. The van der Waals surface area contributed by atoms with Crippen molar-refractivity contribution in [2.45, 2.75) is 32.4 Å². The Morgan fingerprint density at radius 3 is 2.62 bits per heavy atom. The maximum Gasteiger partial charge on any atom is 0.232 e. The number of imidazole rings is 1. The van der Waals surface area contributed by atoms with Gasteiger partial charge < -0.3 is 15.4 Å². The lowest BCUT2D eigenvalue weighted by Gasteiger charge is -2.25. The summed E-state index contributed by atoms with van der Waals surface area (Å²) in [6.07, 6.45) is 4.35. The summed E-state index contributed by atoms with van der Waals surface area (Å²) in [7, 11) is -2.21. The third-order valence-corrected chi connectivity index (χ3v) is 7.84. The van der Waals surface area contributed by atoms with Crippen LogP contribution in [-0.2, 0) is 14.8 Å². The lowest BCUT2D eigenvalue weighted by Crippen LogP contribution is -2.25. The van der Waals surface area contributed by atoms with E-state index in [1.165, 1.54) is 13.1 Å². The number of anilines is 5. The highest BCUT2D eigenvalue weighted by Gasteiger charge is 2.24. The van der Waals surface area contributed by atoms with Crippen LogP contribution in [0, 0.1) is 18.3 Å². The Morgan fingerprint density at radius 1 is 1.10 bits per heavy atom. The topological polar surface area (TPSA) is 155 Å². The van der Waals surface area contributed by atoms with Crippen molar-refractivity contribution in [3.8, 4) is 6.07 Å². The van der Waals surface area contributed by atoms with Gasteiger partial charge in [-0.25, -0.2) is 23.4 Å². The zero-order chi connectivity index (χ0) is 28.4. The van der Waals surface area contributed by atoms with Gasteiger partial charge in [0.2, 0.25) is 10.0 Å². The predicted octanol–water partition coefficient (Wildman–Crippen LogP) is 4.40. The molecule has 1 unspecified atom stereocenters. The van der Waals surface area contributed by atoms with E-state index in [0.29, 0.717) is 64.1 Å². The number of nitrogens with zero attached hydrogens (tertiary/aromatic N) is 6. The number of carbonyl (C=O) groups excluding carboxylic acids is 1. The van der Waals surface area contributed by atoms with Crippen LogP contribution in [0.15, 0.2) is 42.5 Å². The summed E-state index contributed by atoms with van der Waals surface area (Å²) in [6, 6.07) is 13.6. The van der Waals surface area contributed by atoms with Crippen LogP contribution in [0.25, 0.3) is 11.2 Å². The monoisotopic (exact) mass is 560 g/mol. The van der Waals surface area contributed by atoms with Gasteiger partial charge >= 0.3 is 0 Å². The molecule has 1 aromatic carbocycles. The van der Waals surface area contributed by atoms with E-state index in [9.17, 15) is 18.5 Å². The third-order valence-electron chi connectivity index (χ3n) is 6.65. The van der Waals surface area contributed by atoms with Crippen LogP contribution < -0.4 is 14.9 Å². The number of fused-ring (bicyclic) bond motifs is 1. The van der Waals surface area contributed by atoms with Gasteiger partial charge in [-0.3, -0.25) is 13.7 Å². The molecular weight excluding hydrogens is 532 g/mol. The van der Waals surface area contributed by atoms with Gasteiger partial charge in [-0.2, -0.15) is 5.26 Å². The minimum Gasteiger partial charge on any atom is -0.358 e. The largest absolute Gasteiger partial charge is 0.358 e. The van der Waals surface area contributed by atoms with Gasteiger partial charge in [0.25, 0.3) is 0 Å². The fourth-order valence-corrected chi connectivity index (χ4v) is 5.12. The van der Waals surface area contributed by atoms with Gasteiger partial charge in [-0.15, -0.1) is 0 Å². The van der Waals surface area contributed by atoms with Crippen LogP contribution >= 0.6 is 0 Å². The molecule has 206 valence electrons. The first-order valence-electron chi connectivity index (χ1n) is 12.6. The Bertz CT molecular complexity index is 1740. The van der Waals surface area contributed by atoms with E-state index in [-0.39, 0.29) is 11.9 Å². The van der Waals surface area contributed by atoms with Crippen molar-refractivity contribution in [3.05, 3.63) is 59.5 Å². The quantitative estimate of drug-likeness (QED) is 0.296. The van der Waals surface area contributed by atoms with Crippen molar-refractivity contribution in [3.63, 3.8) is 0 Å². The summed E-state index contributed by atoms with van der Waals surface area (Å²) >= 11 is 0. The second-order valence-electron chi connectivity index (χ2n) is 9.47. The van der Waals surface area contributed by atoms with Crippen molar-refractivity contribution in [1.29, 1.82) is 5.26 Å². The maximum atomic E-state index is 12.4. The molecule has 3 aromatic heterocycles. The molecule has 1 saturated heterocycles. The van der Waals surface area contributed by atoms with Gasteiger partial charge in [0.15, 0.2) is 5.65 Å². The van der Waals surface area contributed by atoms with E-state index in [1.54, 1.807) is 36.4 Å². The number of nitrogens with one attached hydrogen (secondary N) is 2. The molecule has 1 aliphatic rings. The fourth-order valence-electron chi connectivity index (χ4n) is 4.61. The van der Waals surface area contributed by atoms with E-state index < -0.39 is 10.0 Å². The molecule has 4 heterocycles. The molecule has 12 nitrogen and oxygen atoms in total. The zero-order valence-electron chi connectivity index (χ0n) is 22.2. The van der Waals surface area contributed by atoms with Crippen LogP contribution in [0.3, 0.4) is 0 Å². The Balaban J connectivity index is 1.66. The number of benzene rings is 1. The first-order valence-corrected chi connectivity index (χ1v) is 14.5. The van der Waals surface area contributed by atoms with Crippen molar-refractivity contribution in [1.82, 2.24) is 19.5 Å². The first-order chi connectivity index (χ1) is 19.2. The molecule has 0 aliphatic carbocycles. The summed E-state index contributed by atoms with van der Waals surface area (Å²) in [5.74, 6) is 1.57. The van der Waals surface area contributed by atoms with Crippen LogP contribution in [0.5, 0.6) is 0 Å². The first kappa shape index (κ1) is 27.0. The van der Waals surface area contributed by atoms with E-state index in [2.05, 4.69) is 15.6 Å².